The summed E-state index contributed by atoms with van der Waals surface area (Å²) < 4.78 is 5.06. The third kappa shape index (κ3) is 2.55. The molecule has 0 radical (unpaired) electrons. The largest absolute Gasteiger partial charge is 0.480 e. The molecule has 1 unspecified atom stereocenters. The van der Waals surface area contributed by atoms with Gasteiger partial charge in [-0.05, 0) is 30.1 Å². The number of aromatic nitrogens is 3. The van der Waals surface area contributed by atoms with Crippen LogP contribution in [0.1, 0.15) is 17.3 Å². The number of ether oxygens (including phenoxy) is 1. The fraction of sp³-hybridized carbons (Fsp3) is 0.188. The molecule has 0 aliphatic carbocycles. The van der Waals surface area contributed by atoms with Crippen LogP contribution in [0.15, 0.2) is 48.8 Å². The first kappa shape index (κ1) is 13.5. The molecule has 1 N–H and O–H groups in total. The highest BCUT2D eigenvalue weighted by molar-refractivity contribution is 5.85. The first-order valence-corrected chi connectivity index (χ1v) is 6.71. The molecule has 0 saturated heterocycles. The van der Waals surface area contributed by atoms with E-state index in [0.717, 1.165) is 22.0 Å². The van der Waals surface area contributed by atoms with Crippen LogP contribution in [0.25, 0.3) is 10.8 Å². The van der Waals surface area contributed by atoms with Crippen molar-refractivity contribution in [1.82, 2.24) is 20.5 Å². The minimum absolute atomic E-state index is 0.0329. The van der Waals surface area contributed by atoms with Gasteiger partial charge in [0.25, 0.3) is 0 Å². The van der Waals surface area contributed by atoms with Gasteiger partial charge in [-0.15, -0.1) is 10.2 Å². The molecule has 21 heavy (non-hydrogen) atoms. The molecule has 3 aromatic rings. The third-order valence-corrected chi connectivity index (χ3v) is 3.48. The van der Waals surface area contributed by atoms with Gasteiger partial charge in [-0.25, -0.2) is 0 Å². The maximum Gasteiger partial charge on any atom is 0.233 e. The minimum atomic E-state index is -0.0329. The second-order valence-electron chi connectivity index (χ2n) is 4.67. The number of hydrogen-bond donors (Lipinski definition) is 1. The van der Waals surface area contributed by atoms with E-state index in [0.29, 0.717) is 5.88 Å². The Morgan fingerprint density at radius 3 is 2.71 bits per heavy atom. The summed E-state index contributed by atoms with van der Waals surface area (Å²) in [5.41, 5.74) is 2.00. The predicted molar refractivity (Wildman–Crippen MR) is 81.2 cm³/mol. The zero-order valence-corrected chi connectivity index (χ0v) is 11.9. The molecule has 1 atom stereocenters. The Hall–Kier alpha value is -2.53. The fourth-order valence-electron chi connectivity index (χ4n) is 2.46. The van der Waals surface area contributed by atoms with E-state index in [9.17, 15) is 0 Å². The van der Waals surface area contributed by atoms with Crippen molar-refractivity contribution in [2.45, 2.75) is 6.04 Å². The van der Waals surface area contributed by atoms with Gasteiger partial charge in [-0.3, -0.25) is 4.98 Å². The summed E-state index contributed by atoms with van der Waals surface area (Å²) in [6.07, 6.45) is 3.67. The number of fused-ring (bicyclic) bond motifs is 1. The van der Waals surface area contributed by atoms with Crippen molar-refractivity contribution >= 4 is 10.8 Å². The van der Waals surface area contributed by atoms with E-state index < -0.39 is 0 Å². The van der Waals surface area contributed by atoms with Gasteiger partial charge in [0.15, 0.2) is 0 Å². The minimum Gasteiger partial charge on any atom is -0.480 e. The molecular formula is C16H16N4O. The van der Waals surface area contributed by atoms with Gasteiger partial charge in [-0.1, -0.05) is 18.2 Å². The van der Waals surface area contributed by atoms with E-state index in [-0.39, 0.29) is 6.04 Å². The highest BCUT2D eigenvalue weighted by Gasteiger charge is 2.16. The highest BCUT2D eigenvalue weighted by Crippen LogP contribution is 2.27. The van der Waals surface area contributed by atoms with Gasteiger partial charge in [-0.2, -0.15) is 0 Å². The lowest BCUT2D eigenvalue weighted by Crippen LogP contribution is -2.19. The van der Waals surface area contributed by atoms with Crippen molar-refractivity contribution in [3.8, 4) is 5.88 Å². The summed E-state index contributed by atoms with van der Waals surface area (Å²) in [5, 5.41) is 13.9. The van der Waals surface area contributed by atoms with Gasteiger partial charge in [0.05, 0.1) is 18.8 Å². The topological polar surface area (TPSA) is 59.9 Å². The van der Waals surface area contributed by atoms with Crippen molar-refractivity contribution in [1.29, 1.82) is 0 Å². The van der Waals surface area contributed by atoms with Crippen LogP contribution in [0, 0.1) is 0 Å². The molecule has 106 valence electrons. The summed E-state index contributed by atoms with van der Waals surface area (Å²) in [5.74, 6) is 0.510. The number of rotatable bonds is 4. The summed E-state index contributed by atoms with van der Waals surface area (Å²) in [4.78, 5) is 4.17. The summed E-state index contributed by atoms with van der Waals surface area (Å²) >= 11 is 0. The number of nitrogens with one attached hydrogen (secondary N) is 1. The number of pyridine rings is 1. The van der Waals surface area contributed by atoms with Crippen molar-refractivity contribution in [3.63, 3.8) is 0 Å². The molecule has 5 heteroatoms. The summed E-state index contributed by atoms with van der Waals surface area (Å²) in [6, 6.07) is 11.9. The molecular weight excluding hydrogens is 264 g/mol. The van der Waals surface area contributed by atoms with Crippen LogP contribution in [-0.4, -0.2) is 29.3 Å². The first-order valence-electron chi connectivity index (χ1n) is 6.71. The van der Waals surface area contributed by atoms with Gasteiger partial charge < -0.3 is 10.1 Å². The molecule has 0 amide bonds. The second-order valence-corrected chi connectivity index (χ2v) is 4.67. The molecule has 2 aromatic heterocycles. The molecule has 0 aliphatic rings. The van der Waals surface area contributed by atoms with E-state index in [4.69, 9.17) is 4.74 Å². The third-order valence-electron chi connectivity index (χ3n) is 3.48. The molecule has 0 spiro atoms. The lowest BCUT2D eigenvalue weighted by Gasteiger charge is -2.17. The zero-order chi connectivity index (χ0) is 14.7. The maximum absolute atomic E-state index is 5.06. The Balaban J connectivity index is 2.09. The van der Waals surface area contributed by atoms with Crippen LogP contribution in [0.3, 0.4) is 0 Å². The monoisotopic (exact) mass is 280 g/mol. The molecule has 1 aromatic carbocycles. The highest BCUT2D eigenvalue weighted by atomic mass is 16.5. The van der Waals surface area contributed by atoms with E-state index in [1.807, 2.05) is 37.5 Å². The Morgan fingerprint density at radius 1 is 1.10 bits per heavy atom. The molecule has 0 aliphatic heterocycles. The maximum atomic E-state index is 5.06. The fourth-order valence-corrected chi connectivity index (χ4v) is 2.46. The molecule has 0 fully saturated rings. The lowest BCUT2D eigenvalue weighted by molar-refractivity contribution is 0.390. The summed E-state index contributed by atoms with van der Waals surface area (Å²) in [7, 11) is 3.49. The molecule has 0 saturated carbocycles. The van der Waals surface area contributed by atoms with Gasteiger partial charge >= 0.3 is 0 Å². The normalized spacial score (nSPS) is 12.3. The number of benzene rings is 1. The van der Waals surface area contributed by atoms with E-state index >= 15 is 0 Å². The number of nitrogens with zero attached hydrogens (tertiary/aromatic N) is 3. The molecule has 3 rings (SSSR count). The van der Waals surface area contributed by atoms with E-state index in [1.54, 1.807) is 13.3 Å². The number of methoxy groups -OCH3 is 1. The Labute approximate surface area is 123 Å². The van der Waals surface area contributed by atoms with Crippen LogP contribution in [0.2, 0.25) is 0 Å². The number of hydrogen-bond acceptors (Lipinski definition) is 5. The second kappa shape index (κ2) is 5.85. The molecule has 0 bridgehead atoms. The zero-order valence-electron chi connectivity index (χ0n) is 11.9. The Morgan fingerprint density at radius 2 is 2.00 bits per heavy atom. The summed E-state index contributed by atoms with van der Waals surface area (Å²) in [6.45, 7) is 0. The van der Waals surface area contributed by atoms with Gasteiger partial charge in [0.1, 0.15) is 0 Å². The van der Waals surface area contributed by atoms with Crippen LogP contribution < -0.4 is 10.1 Å². The van der Waals surface area contributed by atoms with Gasteiger partial charge in [0, 0.05) is 23.8 Å². The quantitative estimate of drug-likeness (QED) is 0.795. The van der Waals surface area contributed by atoms with Crippen molar-refractivity contribution in [3.05, 3.63) is 60.0 Å². The first-order chi connectivity index (χ1) is 10.3. The van der Waals surface area contributed by atoms with Crippen molar-refractivity contribution < 1.29 is 4.74 Å². The van der Waals surface area contributed by atoms with Crippen molar-refractivity contribution in [2.75, 3.05) is 14.2 Å². The molecule has 5 nitrogen and oxygen atoms in total. The Bertz CT molecular complexity index is 737. The van der Waals surface area contributed by atoms with E-state index in [1.165, 1.54) is 0 Å². The van der Waals surface area contributed by atoms with Crippen LogP contribution >= 0.6 is 0 Å². The average molecular weight is 280 g/mol. The molecule has 2 heterocycles. The van der Waals surface area contributed by atoms with Crippen LogP contribution in [0.4, 0.5) is 0 Å². The van der Waals surface area contributed by atoms with Crippen LogP contribution in [0.5, 0.6) is 5.88 Å². The Kier molecular flexibility index (Phi) is 3.75. The average Bonchev–Trinajstić information content (AvgIpc) is 2.56. The lowest BCUT2D eigenvalue weighted by atomic mass is 9.98. The smallest absolute Gasteiger partial charge is 0.233 e. The SMILES string of the molecule is CNC(c1ccc(OC)nn1)c1cccc2cnccc12. The predicted octanol–water partition coefficient (Wildman–Crippen LogP) is 2.34. The van der Waals surface area contributed by atoms with Crippen LogP contribution in [-0.2, 0) is 0 Å². The standard InChI is InChI=1S/C16H16N4O/c1-17-16(14-6-7-15(21-2)20-19-14)13-5-3-4-11-10-18-9-8-12(11)13/h3-10,16-17H,1-2H3. The van der Waals surface area contributed by atoms with Gasteiger partial charge in [0.2, 0.25) is 5.88 Å². The van der Waals surface area contributed by atoms with E-state index in [2.05, 4.69) is 32.6 Å². The van der Waals surface area contributed by atoms with Crippen molar-refractivity contribution in [2.24, 2.45) is 0 Å².